The summed E-state index contributed by atoms with van der Waals surface area (Å²) in [6.45, 7) is 5.77. The van der Waals surface area contributed by atoms with Crippen molar-refractivity contribution in [2.45, 2.75) is 33.2 Å². The molecule has 2 rings (SSSR count). The SMILES string of the molecule is CC[C@@H](Nc1ccc(C)cc1)C(=O)Nc1cc(C)on1. The molecule has 1 heterocycles. The highest BCUT2D eigenvalue weighted by Gasteiger charge is 2.17. The Hall–Kier alpha value is -2.30. The molecule has 0 spiro atoms. The normalized spacial score (nSPS) is 11.9. The van der Waals surface area contributed by atoms with Crippen molar-refractivity contribution in [1.29, 1.82) is 0 Å². The summed E-state index contributed by atoms with van der Waals surface area (Å²) < 4.78 is 4.93. The van der Waals surface area contributed by atoms with Crippen molar-refractivity contribution < 1.29 is 9.32 Å². The van der Waals surface area contributed by atoms with Gasteiger partial charge in [0.15, 0.2) is 5.82 Å². The molecular weight excluding hydrogens is 254 g/mol. The number of carbonyl (C=O) groups is 1. The number of aryl methyl sites for hydroxylation is 2. The second kappa shape index (κ2) is 6.23. The molecular formula is C15H19N3O2. The molecule has 0 saturated carbocycles. The van der Waals surface area contributed by atoms with Crippen molar-refractivity contribution in [3.05, 3.63) is 41.7 Å². The highest BCUT2D eigenvalue weighted by molar-refractivity contribution is 5.95. The lowest BCUT2D eigenvalue weighted by Crippen LogP contribution is -2.34. The number of nitrogens with one attached hydrogen (secondary N) is 2. The molecule has 0 aliphatic carbocycles. The minimum absolute atomic E-state index is 0.124. The van der Waals surface area contributed by atoms with Crippen LogP contribution in [0, 0.1) is 13.8 Å². The first-order chi connectivity index (χ1) is 9.58. The van der Waals surface area contributed by atoms with Crippen LogP contribution >= 0.6 is 0 Å². The third-order valence-electron chi connectivity index (χ3n) is 3.00. The van der Waals surface area contributed by atoms with Crippen LogP contribution in [0.15, 0.2) is 34.9 Å². The summed E-state index contributed by atoms with van der Waals surface area (Å²) in [5.74, 6) is 0.984. The summed E-state index contributed by atoms with van der Waals surface area (Å²) in [6.07, 6.45) is 0.677. The molecule has 0 unspecified atom stereocenters. The van der Waals surface area contributed by atoms with Crippen molar-refractivity contribution in [3.63, 3.8) is 0 Å². The number of amides is 1. The highest BCUT2D eigenvalue weighted by Crippen LogP contribution is 2.13. The lowest BCUT2D eigenvalue weighted by Gasteiger charge is -2.17. The van der Waals surface area contributed by atoms with Crippen molar-refractivity contribution in [1.82, 2.24) is 5.16 Å². The third kappa shape index (κ3) is 3.60. The molecule has 1 aromatic carbocycles. The predicted molar refractivity (Wildman–Crippen MR) is 78.8 cm³/mol. The van der Waals surface area contributed by atoms with E-state index < -0.39 is 0 Å². The van der Waals surface area contributed by atoms with Crippen LogP contribution in [0.1, 0.15) is 24.7 Å². The summed E-state index contributed by atoms with van der Waals surface area (Å²) in [5.41, 5.74) is 2.11. The van der Waals surface area contributed by atoms with Gasteiger partial charge in [0.25, 0.3) is 0 Å². The van der Waals surface area contributed by atoms with Gasteiger partial charge in [-0.3, -0.25) is 4.79 Å². The van der Waals surface area contributed by atoms with E-state index in [9.17, 15) is 4.79 Å². The lowest BCUT2D eigenvalue weighted by atomic mass is 10.1. The number of anilines is 2. The number of hydrogen-bond acceptors (Lipinski definition) is 4. The molecule has 0 aliphatic heterocycles. The van der Waals surface area contributed by atoms with Gasteiger partial charge < -0.3 is 15.2 Å². The van der Waals surface area contributed by atoms with E-state index in [2.05, 4.69) is 15.8 Å². The Labute approximate surface area is 118 Å². The second-order valence-electron chi connectivity index (χ2n) is 4.78. The molecule has 106 valence electrons. The van der Waals surface area contributed by atoms with E-state index in [4.69, 9.17) is 4.52 Å². The van der Waals surface area contributed by atoms with E-state index in [1.54, 1.807) is 13.0 Å². The maximum absolute atomic E-state index is 12.2. The Morgan fingerprint density at radius 1 is 1.30 bits per heavy atom. The molecule has 0 bridgehead atoms. The molecule has 2 aromatic rings. The van der Waals surface area contributed by atoms with Crippen LogP contribution in [-0.4, -0.2) is 17.1 Å². The summed E-state index contributed by atoms with van der Waals surface area (Å²) in [4.78, 5) is 12.2. The first-order valence-electron chi connectivity index (χ1n) is 6.66. The largest absolute Gasteiger partial charge is 0.374 e. The van der Waals surface area contributed by atoms with Gasteiger partial charge in [-0.05, 0) is 32.4 Å². The standard InChI is InChI=1S/C15H19N3O2/c1-4-13(16-12-7-5-10(2)6-8-12)15(19)17-14-9-11(3)20-18-14/h5-9,13,16H,4H2,1-3H3,(H,17,18,19)/t13-/m1/s1. The highest BCUT2D eigenvalue weighted by atomic mass is 16.5. The fourth-order valence-electron chi connectivity index (χ4n) is 1.84. The zero-order chi connectivity index (χ0) is 14.5. The van der Waals surface area contributed by atoms with Gasteiger partial charge in [-0.2, -0.15) is 0 Å². The van der Waals surface area contributed by atoms with Crippen LogP contribution in [0.25, 0.3) is 0 Å². The van der Waals surface area contributed by atoms with E-state index in [-0.39, 0.29) is 11.9 Å². The van der Waals surface area contributed by atoms with E-state index in [0.717, 1.165) is 5.69 Å². The van der Waals surface area contributed by atoms with Gasteiger partial charge in [0.2, 0.25) is 5.91 Å². The Balaban J connectivity index is 2.00. The summed E-state index contributed by atoms with van der Waals surface area (Å²) in [5, 5.41) is 9.71. The zero-order valence-corrected chi connectivity index (χ0v) is 11.9. The molecule has 0 radical (unpaired) electrons. The van der Waals surface area contributed by atoms with Crippen molar-refractivity contribution in [2.24, 2.45) is 0 Å². The fourth-order valence-corrected chi connectivity index (χ4v) is 1.84. The predicted octanol–water partition coefficient (Wildman–Crippen LogP) is 3.12. The van der Waals surface area contributed by atoms with Crippen LogP contribution in [-0.2, 0) is 4.79 Å². The van der Waals surface area contributed by atoms with Crippen LogP contribution in [0.5, 0.6) is 0 Å². The summed E-state index contributed by atoms with van der Waals surface area (Å²) in [6, 6.07) is 9.32. The minimum atomic E-state index is -0.310. The van der Waals surface area contributed by atoms with Gasteiger partial charge in [-0.25, -0.2) is 0 Å². The maximum atomic E-state index is 12.2. The molecule has 5 nitrogen and oxygen atoms in total. The van der Waals surface area contributed by atoms with Crippen molar-refractivity contribution >= 4 is 17.4 Å². The summed E-state index contributed by atoms with van der Waals surface area (Å²) >= 11 is 0. The Bertz CT molecular complexity index is 575. The van der Waals surface area contributed by atoms with E-state index in [1.165, 1.54) is 5.56 Å². The van der Waals surface area contributed by atoms with Crippen molar-refractivity contribution in [2.75, 3.05) is 10.6 Å². The van der Waals surface area contributed by atoms with Crippen LogP contribution in [0.3, 0.4) is 0 Å². The van der Waals surface area contributed by atoms with Crippen molar-refractivity contribution in [3.8, 4) is 0 Å². The quantitative estimate of drug-likeness (QED) is 0.878. The van der Waals surface area contributed by atoms with Crippen LogP contribution < -0.4 is 10.6 Å². The average molecular weight is 273 g/mol. The molecule has 5 heteroatoms. The first kappa shape index (κ1) is 14.1. The van der Waals surface area contributed by atoms with Gasteiger partial charge in [0, 0.05) is 11.8 Å². The Morgan fingerprint density at radius 3 is 2.55 bits per heavy atom. The zero-order valence-electron chi connectivity index (χ0n) is 11.9. The number of nitrogens with zero attached hydrogens (tertiary/aromatic N) is 1. The first-order valence-corrected chi connectivity index (χ1v) is 6.66. The van der Waals surface area contributed by atoms with Gasteiger partial charge in [0.05, 0.1) is 0 Å². The molecule has 1 aromatic heterocycles. The van der Waals surface area contributed by atoms with Gasteiger partial charge >= 0.3 is 0 Å². The molecule has 0 aliphatic rings. The molecule has 20 heavy (non-hydrogen) atoms. The third-order valence-corrected chi connectivity index (χ3v) is 3.00. The smallest absolute Gasteiger partial charge is 0.248 e. The number of carbonyl (C=O) groups excluding carboxylic acids is 1. The molecule has 0 saturated heterocycles. The summed E-state index contributed by atoms with van der Waals surface area (Å²) in [7, 11) is 0. The van der Waals surface area contributed by atoms with E-state index >= 15 is 0 Å². The second-order valence-corrected chi connectivity index (χ2v) is 4.78. The Kier molecular flexibility index (Phi) is 4.40. The van der Waals surface area contributed by atoms with E-state index in [0.29, 0.717) is 18.0 Å². The molecule has 0 fully saturated rings. The topological polar surface area (TPSA) is 67.2 Å². The van der Waals surface area contributed by atoms with Gasteiger partial charge in [-0.1, -0.05) is 29.8 Å². The average Bonchev–Trinajstić information content (AvgIpc) is 2.83. The number of aromatic nitrogens is 1. The number of rotatable bonds is 5. The maximum Gasteiger partial charge on any atom is 0.248 e. The number of benzene rings is 1. The minimum Gasteiger partial charge on any atom is -0.374 e. The van der Waals surface area contributed by atoms with Crippen LogP contribution in [0.4, 0.5) is 11.5 Å². The fraction of sp³-hybridized carbons (Fsp3) is 0.333. The van der Waals surface area contributed by atoms with Gasteiger partial charge in [-0.15, -0.1) is 0 Å². The monoisotopic (exact) mass is 273 g/mol. The molecule has 1 atom stereocenters. The number of hydrogen-bond donors (Lipinski definition) is 2. The lowest BCUT2D eigenvalue weighted by molar-refractivity contribution is -0.117. The van der Waals surface area contributed by atoms with Gasteiger partial charge in [0.1, 0.15) is 11.8 Å². The van der Waals surface area contributed by atoms with Crippen LogP contribution in [0.2, 0.25) is 0 Å². The Morgan fingerprint density at radius 2 is 2.00 bits per heavy atom. The molecule has 2 N–H and O–H groups in total. The van der Waals surface area contributed by atoms with E-state index in [1.807, 2.05) is 38.1 Å². The molecule has 1 amide bonds.